The third-order valence-corrected chi connectivity index (χ3v) is 4.22. The Morgan fingerprint density at radius 3 is 2.63 bits per heavy atom. The van der Waals surface area contributed by atoms with Gasteiger partial charge in [-0.25, -0.2) is 0 Å². The Hall–Kier alpha value is -0.830. The van der Waals surface area contributed by atoms with Gasteiger partial charge in [0, 0.05) is 10.9 Å². The summed E-state index contributed by atoms with van der Waals surface area (Å²) in [6, 6.07) is 0.333. The predicted molar refractivity (Wildman–Crippen MR) is 87.5 cm³/mol. The summed E-state index contributed by atoms with van der Waals surface area (Å²) < 4.78 is 0. The Morgan fingerprint density at radius 2 is 2.05 bits per heavy atom. The van der Waals surface area contributed by atoms with E-state index in [1.165, 1.54) is 16.2 Å². The van der Waals surface area contributed by atoms with Crippen molar-refractivity contribution in [2.45, 2.75) is 52.6 Å². The van der Waals surface area contributed by atoms with Crippen molar-refractivity contribution in [3.63, 3.8) is 0 Å². The molecule has 0 saturated heterocycles. The first-order valence-electron chi connectivity index (χ1n) is 6.98. The topological polar surface area (TPSA) is 24.7 Å². The van der Waals surface area contributed by atoms with Gasteiger partial charge in [0.2, 0.25) is 0 Å². The van der Waals surface area contributed by atoms with Crippen LogP contribution in [0, 0.1) is 5.92 Å². The first-order valence-corrected chi connectivity index (χ1v) is 8.20. The highest BCUT2D eigenvalue weighted by Gasteiger charge is 2.33. The van der Waals surface area contributed by atoms with Crippen LogP contribution in [0.4, 0.5) is 0 Å². The normalized spacial score (nSPS) is 27.8. The molecular weight excluding hydrogens is 252 g/mol. The average molecular weight is 276 g/mol. The molecule has 0 fully saturated rings. The summed E-state index contributed by atoms with van der Waals surface area (Å²) in [6.07, 6.45) is 7.65. The molecule has 0 aromatic heterocycles. The molecule has 1 aliphatic heterocycles. The molecule has 2 rings (SSSR count). The molecule has 3 heteroatoms. The second-order valence-electron chi connectivity index (χ2n) is 6.34. The molecule has 0 aromatic carbocycles. The molecule has 0 N–H and O–H groups in total. The Bertz CT molecular complexity index is 493. The van der Waals surface area contributed by atoms with Crippen LogP contribution < -0.4 is 0 Å². The van der Waals surface area contributed by atoms with Crippen LogP contribution in [0.25, 0.3) is 0 Å². The van der Waals surface area contributed by atoms with Crippen LogP contribution in [0.5, 0.6) is 0 Å². The molecule has 1 atom stereocenters. The lowest BCUT2D eigenvalue weighted by Crippen LogP contribution is -2.33. The van der Waals surface area contributed by atoms with E-state index in [0.717, 1.165) is 12.1 Å². The highest BCUT2D eigenvalue weighted by atomic mass is 32.2. The molecule has 0 saturated carbocycles. The van der Waals surface area contributed by atoms with E-state index in [0.29, 0.717) is 12.0 Å². The number of nitrogens with zero attached hydrogens (tertiary/aromatic N) is 2. The third-order valence-electron chi connectivity index (χ3n) is 3.47. The van der Waals surface area contributed by atoms with E-state index in [1.807, 2.05) is 0 Å². The predicted octanol–water partition coefficient (Wildman–Crippen LogP) is 4.28. The zero-order valence-corrected chi connectivity index (χ0v) is 13.6. The van der Waals surface area contributed by atoms with Gasteiger partial charge in [0.25, 0.3) is 0 Å². The maximum Gasteiger partial charge on any atom is 0.0752 e. The molecule has 1 heterocycles. The molecule has 0 radical (unpaired) electrons. The number of fused-ring (bicyclic) bond motifs is 1. The zero-order valence-electron chi connectivity index (χ0n) is 12.8. The Morgan fingerprint density at radius 1 is 1.37 bits per heavy atom. The van der Waals surface area contributed by atoms with E-state index in [2.05, 4.69) is 53.0 Å². The van der Waals surface area contributed by atoms with Gasteiger partial charge >= 0.3 is 0 Å². The van der Waals surface area contributed by atoms with Gasteiger partial charge < -0.3 is 0 Å². The van der Waals surface area contributed by atoms with E-state index in [-0.39, 0.29) is 5.54 Å². The minimum absolute atomic E-state index is 0.0492. The van der Waals surface area contributed by atoms with Crippen molar-refractivity contribution >= 4 is 23.2 Å². The molecule has 1 aliphatic carbocycles. The van der Waals surface area contributed by atoms with E-state index in [4.69, 9.17) is 9.98 Å². The van der Waals surface area contributed by atoms with Gasteiger partial charge in [-0.1, -0.05) is 6.92 Å². The van der Waals surface area contributed by atoms with Crippen LogP contribution in [0.3, 0.4) is 0 Å². The summed E-state index contributed by atoms with van der Waals surface area (Å²) in [5.74, 6) is 0.552. The van der Waals surface area contributed by atoms with Crippen LogP contribution in [0.1, 0.15) is 41.0 Å². The molecule has 0 amide bonds. The number of aliphatic imine (C=N–C) groups is 2. The van der Waals surface area contributed by atoms with Crippen LogP contribution in [-0.4, -0.2) is 29.3 Å². The van der Waals surface area contributed by atoms with E-state index >= 15 is 0 Å². The Balaban J connectivity index is 2.50. The summed E-state index contributed by atoms with van der Waals surface area (Å²) in [5.41, 5.74) is 3.71. The maximum absolute atomic E-state index is 4.96. The van der Waals surface area contributed by atoms with Crippen LogP contribution in [0.15, 0.2) is 32.6 Å². The molecule has 2 aliphatic rings. The van der Waals surface area contributed by atoms with Gasteiger partial charge in [-0.3, -0.25) is 9.98 Å². The third kappa shape index (κ3) is 3.19. The number of rotatable bonds is 2. The number of hydrogen-bond donors (Lipinski definition) is 0. The molecule has 19 heavy (non-hydrogen) atoms. The summed E-state index contributed by atoms with van der Waals surface area (Å²) in [6.45, 7) is 11.0. The standard InChI is InChI=1S/C16H24N2S/c1-10(2)17-12-7-13-11(3)9-16(4,5)18-15(13)14(8-12)19-6/h7-8,10-11H,9H2,1-6H3. The molecule has 0 bridgehead atoms. The monoisotopic (exact) mass is 276 g/mol. The quantitative estimate of drug-likeness (QED) is 0.691. The van der Waals surface area contributed by atoms with Crippen molar-refractivity contribution in [3.05, 3.63) is 22.6 Å². The van der Waals surface area contributed by atoms with Crippen molar-refractivity contribution in [1.82, 2.24) is 0 Å². The summed E-state index contributed by atoms with van der Waals surface area (Å²) in [5, 5.41) is 0. The van der Waals surface area contributed by atoms with Gasteiger partial charge in [0.05, 0.1) is 17.0 Å². The number of hydrogen-bond acceptors (Lipinski definition) is 3. The zero-order chi connectivity index (χ0) is 14.2. The molecule has 0 aromatic rings. The van der Waals surface area contributed by atoms with Crippen molar-refractivity contribution in [2.24, 2.45) is 15.9 Å². The minimum Gasteiger partial charge on any atom is -0.283 e. The van der Waals surface area contributed by atoms with Crippen molar-refractivity contribution in [3.8, 4) is 0 Å². The summed E-state index contributed by atoms with van der Waals surface area (Å²) >= 11 is 1.77. The molecule has 2 nitrogen and oxygen atoms in total. The second kappa shape index (κ2) is 5.28. The van der Waals surface area contributed by atoms with Gasteiger partial charge in [-0.15, -0.1) is 11.8 Å². The summed E-state index contributed by atoms with van der Waals surface area (Å²) in [4.78, 5) is 10.9. The lowest BCUT2D eigenvalue weighted by atomic mass is 9.79. The second-order valence-corrected chi connectivity index (χ2v) is 7.19. The fourth-order valence-corrected chi connectivity index (χ4v) is 3.44. The molecule has 1 unspecified atom stereocenters. The summed E-state index contributed by atoms with van der Waals surface area (Å²) in [7, 11) is 0. The number of thioether (sulfide) groups is 1. The molecule has 104 valence electrons. The fraction of sp³-hybridized carbons (Fsp3) is 0.625. The van der Waals surface area contributed by atoms with Gasteiger partial charge in [0.15, 0.2) is 0 Å². The Kier molecular flexibility index (Phi) is 4.05. The van der Waals surface area contributed by atoms with E-state index in [1.54, 1.807) is 11.8 Å². The van der Waals surface area contributed by atoms with Crippen LogP contribution >= 0.6 is 11.8 Å². The van der Waals surface area contributed by atoms with E-state index in [9.17, 15) is 0 Å². The highest BCUT2D eigenvalue weighted by Crippen LogP contribution is 2.38. The van der Waals surface area contributed by atoms with E-state index < -0.39 is 0 Å². The first-order chi connectivity index (χ1) is 8.82. The van der Waals surface area contributed by atoms with Crippen molar-refractivity contribution in [2.75, 3.05) is 6.26 Å². The maximum atomic E-state index is 4.96. The van der Waals surface area contributed by atoms with Crippen molar-refractivity contribution in [1.29, 1.82) is 0 Å². The minimum atomic E-state index is 0.0492. The first kappa shape index (κ1) is 14.6. The SMILES string of the molecule is CSC1=CC(=NC(C)C)C=C2C1=NC(C)(C)CC2C. The average Bonchev–Trinajstić information content (AvgIpc) is 2.27. The lowest BCUT2D eigenvalue weighted by molar-refractivity contribution is 0.406. The molecule has 0 spiro atoms. The van der Waals surface area contributed by atoms with Gasteiger partial charge in [0.1, 0.15) is 0 Å². The highest BCUT2D eigenvalue weighted by molar-refractivity contribution is 8.03. The molecular formula is C16H24N2S. The lowest BCUT2D eigenvalue weighted by Gasteiger charge is -2.35. The van der Waals surface area contributed by atoms with Crippen LogP contribution in [-0.2, 0) is 0 Å². The van der Waals surface area contributed by atoms with Gasteiger partial charge in [-0.05, 0) is 64.0 Å². The Labute approximate surface area is 121 Å². The largest absolute Gasteiger partial charge is 0.283 e. The fourth-order valence-electron chi connectivity index (χ4n) is 2.85. The number of allylic oxidation sites excluding steroid dienone is 4. The van der Waals surface area contributed by atoms with Crippen LogP contribution in [0.2, 0.25) is 0 Å². The smallest absolute Gasteiger partial charge is 0.0752 e. The van der Waals surface area contributed by atoms with Gasteiger partial charge in [-0.2, -0.15) is 0 Å². The van der Waals surface area contributed by atoms with Crippen molar-refractivity contribution < 1.29 is 0 Å².